The van der Waals surface area contributed by atoms with E-state index >= 15 is 0 Å². The molecule has 0 aliphatic rings. The van der Waals surface area contributed by atoms with Gasteiger partial charge < -0.3 is 9.72 Å². The largest absolute Gasteiger partial charge is 0.496 e. The third-order valence-corrected chi connectivity index (χ3v) is 2.36. The van der Waals surface area contributed by atoms with Crippen LogP contribution in [0.3, 0.4) is 0 Å². The van der Waals surface area contributed by atoms with E-state index in [1.54, 1.807) is 7.11 Å². The zero-order valence-electron chi connectivity index (χ0n) is 9.15. The summed E-state index contributed by atoms with van der Waals surface area (Å²) in [5, 5.41) is 0. The maximum absolute atomic E-state index is 11.6. The highest BCUT2D eigenvalue weighted by Crippen LogP contribution is 2.27. The molecule has 2 rings (SSSR count). The molecule has 1 aromatic heterocycles. The maximum atomic E-state index is 11.6. The number of aromatic amines is 1. The van der Waals surface area contributed by atoms with Gasteiger partial charge in [-0.3, -0.25) is 4.79 Å². The molecule has 0 unspecified atom stereocenters. The van der Waals surface area contributed by atoms with E-state index in [2.05, 4.69) is 9.97 Å². The van der Waals surface area contributed by atoms with Crippen molar-refractivity contribution < 1.29 is 4.74 Å². The van der Waals surface area contributed by atoms with Crippen LogP contribution in [0.4, 0.5) is 0 Å². The quantitative estimate of drug-likeness (QED) is 0.832. The molecule has 0 atom stereocenters. The van der Waals surface area contributed by atoms with Crippen LogP contribution in [0.1, 0.15) is 5.56 Å². The van der Waals surface area contributed by atoms with Crippen molar-refractivity contribution in [2.24, 2.45) is 0 Å². The number of hydrogen-bond acceptors (Lipinski definition) is 3. The third-order valence-electron chi connectivity index (χ3n) is 2.36. The molecule has 0 radical (unpaired) electrons. The van der Waals surface area contributed by atoms with Crippen molar-refractivity contribution in [1.29, 1.82) is 0 Å². The number of H-pyrrole nitrogens is 1. The second kappa shape index (κ2) is 4.18. The van der Waals surface area contributed by atoms with E-state index in [1.165, 1.54) is 12.5 Å². The van der Waals surface area contributed by atoms with E-state index in [0.29, 0.717) is 11.3 Å². The van der Waals surface area contributed by atoms with Crippen LogP contribution in [0.5, 0.6) is 5.75 Å². The minimum absolute atomic E-state index is 0.168. The van der Waals surface area contributed by atoms with Crippen molar-refractivity contribution in [2.45, 2.75) is 6.92 Å². The first kappa shape index (κ1) is 10.4. The van der Waals surface area contributed by atoms with Crippen molar-refractivity contribution in [1.82, 2.24) is 9.97 Å². The number of methoxy groups -OCH3 is 1. The van der Waals surface area contributed by atoms with Gasteiger partial charge in [-0.25, -0.2) is 4.98 Å². The highest BCUT2D eigenvalue weighted by Gasteiger charge is 2.09. The van der Waals surface area contributed by atoms with Crippen LogP contribution in [0.25, 0.3) is 11.1 Å². The topological polar surface area (TPSA) is 55.0 Å². The van der Waals surface area contributed by atoms with Crippen molar-refractivity contribution in [3.63, 3.8) is 0 Å². The molecule has 0 amide bonds. The van der Waals surface area contributed by atoms with E-state index in [0.717, 1.165) is 11.1 Å². The van der Waals surface area contributed by atoms with Gasteiger partial charge in [0.2, 0.25) is 0 Å². The average Bonchev–Trinajstić information content (AvgIpc) is 2.29. The molecule has 0 saturated heterocycles. The lowest BCUT2D eigenvalue weighted by Gasteiger charge is -2.08. The lowest BCUT2D eigenvalue weighted by molar-refractivity contribution is 0.416. The van der Waals surface area contributed by atoms with Crippen molar-refractivity contribution in [3.8, 4) is 16.9 Å². The molecule has 0 aliphatic heterocycles. The predicted molar refractivity (Wildman–Crippen MR) is 61.6 cm³/mol. The molecule has 16 heavy (non-hydrogen) atoms. The standard InChI is InChI=1S/C12H12N2O2/c1-8-3-4-11(16-2)9(5-8)10-6-13-7-14-12(10)15/h3-7H,1-2H3,(H,13,14,15). The number of aromatic nitrogens is 2. The average molecular weight is 216 g/mol. The lowest BCUT2D eigenvalue weighted by atomic mass is 10.1. The molecular weight excluding hydrogens is 204 g/mol. The fourth-order valence-corrected chi connectivity index (χ4v) is 1.57. The molecular formula is C12H12N2O2. The van der Waals surface area contributed by atoms with Crippen molar-refractivity contribution in [3.05, 3.63) is 46.6 Å². The van der Waals surface area contributed by atoms with E-state index in [1.807, 2.05) is 25.1 Å². The molecule has 1 aromatic carbocycles. The summed E-state index contributed by atoms with van der Waals surface area (Å²) in [5.74, 6) is 0.670. The Morgan fingerprint density at radius 3 is 2.81 bits per heavy atom. The molecule has 0 spiro atoms. The van der Waals surface area contributed by atoms with E-state index in [9.17, 15) is 4.79 Å². The Labute approximate surface area is 92.9 Å². The van der Waals surface area contributed by atoms with Gasteiger partial charge in [-0.05, 0) is 19.1 Å². The molecule has 2 aromatic rings. The first-order chi connectivity index (χ1) is 7.72. The number of rotatable bonds is 2. The SMILES string of the molecule is COc1ccc(C)cc1-c1cnc[nH]c1=O. The third kappa shape index (κ3) is 1.82. The van der Waals surface area contributed by atoms with Crippen LogP contribution in [0.2, 0.25) is 0 Å². The minimum atomic E-state index is -0.168. The summed E-state index contributed by atoms with van der Waals surface area (Å²) >= 11 is 0. The summed E-state index contributed by atoms with van der Waals surface area (Å²) in [6.07, 6.45) is 2.91. The van der Waals surface area contributed by atoms with Gasteiger partial charge in [0, 0.05) is 11.8 Å². The highest BCUT2D eigenvalue weighted by molar-refractivity contribution is 5.69. The Balaban J connectivity index is 2.68. The minimum Gasteiger partial charge on any atom is -0.496 e. The van der Waals surface area contributed by atoms with Crippen LogP contribution in [0, 0.1) is 6.92 Å². The number of nitrogens with one attached hydrogen (secondary N) is 1. The Bertz CT molecular complexity index is 561. The van der Waals surface area contributed by atoms with Crippen LogP contribution in [-0.4, -0.2) is 17.1 Å². The molecule has 0 aliphatic carbocycles. The molecule has 4 nitrogen and oxygen atoms in total. The summed E-state index contributed by atoms with van der Waals surface area (Å²) in [5.41, 5.74) is 2.18. The number of nitrogens with zero attached hydrogens (tertiary/aromatic N) is 1. The zero-order valence-corrected chi connectivity index (χ0v) is 9.15. The van der Waals surface area contributed by atoms with Crippen LogP contribution in [-0.2, 0) is 0 Å². The van der Waals surface area contributed by atoms with Gasteiger partial charge in [0.25, 0.3) is 5.56 Å². The number of benzene rings is 1. The molecule has 0 bridgehead atoms. The number of aryl methyl sites for hydroxylation is 1. The lowest BCUT2D eigenvalue weighted by Crippen LogP contribution is -2.09. The summed E-state index contributed by atoms with van der Waals surface area (Å²) in [6.45, 7) is 1.97. The fraction of sp³-hybridized carbons (Fsp3) is 0.167. The smallest absolute Gasteiger partial charge is 0.258 e. The first-order valence-corrected chi connectivity index (χ1v) is 4.90. The Morgan fingerprint density at radius 1 is 1.31 bits per heavy atom. The Hall–Kier alpha value is -2.10. The van der Waals surface area contributed by atoms with Crippen molar-refractivity contribution in [2.75, 3.05) is 7.11 Å². The normalized spacial score (nSPS) is 10.1. The summed E-state index contributed by atoms with van der Waals surface area (Å²) in [4.78, 5) is 18.1. The Morgan fingerprint density at radius 2 is 2.12 bits per heavy atom. The second-order valence-corrected chi connectivity index (χ2v) is 3.50. The molecule has 1 N–H and O–H groups in total. The van der Waals surface area contributed by atoms with Gasteiger partial charge in [-0.1, -0.05) is 11.6 Å². The predicted octanol–water partition coefficient (Wildman–Crippen LogP) is 1.75. The van der Waals surface area contributed by atoms with Crippen molar-refractivity contribution >= 4 is 0 Å². The van der Waals surface area contributed by atoms with Gasteiger partial charge >= 0.3 is 0 Å². The number of ether oxygens (including phenoxy) is 1. The molecule has 1 heterocycles. The van der Waals surface area contributed by atoms with Gasteiger partial charge in [0.15, 0.2) is 0 Å². The summed E-state index contributed by atoms with van der Waals surface area (Å²) in [7, 11) is 1.58. The number of hydrogen-bond donors (Lipinski definition) is 1. The molecule has 82 valence electrons. The van der Waals surface area contributed by atoms with Gasteiger partial charge in [-0.15, -0.1) is 0 Å². The van der Waals surface area contributed by atoms with E-state index in [-0.39, 0.29) is 5.56 Å². The van der Waals surface area contributed by atoms with E-state index in [4.69, 9.17) is 4.74 Å². The fourth-order valence-electron chi connectivity index (χ4n) is 1.57. The van der Waals surface area contributed by atoms with Crippen LogP contribution >= 0.6 is 0 Å². The second-order valence-electron chi connectivity index (χ2n) is 3.50. The highest BCUT2D eigenvalue weighted by atomic mass is 16.5. The van der Waals surface area contributed by atoms with Crippen LogP contribution in [0.15, 0.2) is 35.5 Å². The monoisotopic (exact) mass is 216 g/mol. The van der Waals surface area contributed by atoms with E-state index < -0.39 is 0 Å². The summed E-state index contributed by atoms with van der Waals surface area (Å²) < 4.78 is 5.23. The zero-order chi connectivity index (χ0) is 11.5. The molecule has 0 fully saturated rings. The molecule has 0 saturated carbocycles. The first-order valence-electron chi connectivity index (χ1n) is 4.90. The maximum Gasteiger partial charge on any atom is 0.258 e. The molecule has 4 heteroatoms. The van der Waals surface area contributed by atoms with Gasteiger partial charge in [0.1, 0.15) is 5.75 Å². The van der Waals surface area contributed by atoms with Gasteiger partial charge in [0.05, 0.1) is 19.0 Å². The Kier molecular flexibility index (Phi) is 2.72. The van der Waals surface area contributed by atoms with Gasteiger partial charge in [-0.2, -0.15) is 0 Å². The van der Waals surface area contributed by atoms with Crippen LogP contribution < -0.4 is 10.3 Å². The summed E-state index contributed by atoms with van der Waals surface area (Å²) in [6, 6.07) is 5.69.